The highest BCUT2D eigenvalue weighted by Gasteiger charge is 2.14. The minimum Gasteiger partial charge on any atom is -0.255 e. The molecule has 0 aliphatic carbocycles. The lowest BCUT2D eigenvalue weighted by Crippen LogP contribution is -2.28. The largest absolute Gasteiger partial charge is 0.346 e. The van der Waals surface area contributed by atoms with Gasteiger partial charge in [-0.2, -0.15) is 0 Å². The van der Waals surface area contributed by atoms with E-state index in [1.807, 2.05) is 42.5 Å². The van der Waals surface area contributed by atoms with E-state index in [1.54, 1.807) is 12.1 Å². The predicted molar refractivity (Wildman–Crippen MR) is 97.2 cm³/mol. The lowest BCUT2D eigenvalue weighted by atomic mass is 10.1. The third kappa shape index (κ3) is 2.81. The van der Waals surface area contributed by atoms with Crippen molar-refractivity contribution in [2.75, 3.05) is 0 Å². The Bertz CT molecular complexity index is 1170. The number of halogens is 1. The Kier molecular flexibility index (Phi) is 3.82. The highest BCUT2D eigenvalue weighted by atomic mass is 32.1. The maximum absolute atomic E-state index is 13.0. The third-order valence-corrected chi connectivity index (χ3v) is 4.95. The first-order chi connectivity index (χ1) is 12.1. The van der Waals surface area contributed by atoms with Crippen LogP contribution in [0.25, 0.3) is 16.5 Å². The number of hydrogen-bond donors (Lipinski definition) is 0. The van der Waals surface area contributed by atoms with Crippen molar-refractivity contribution in [1.82, 2.24) is 8.52 Å². The Morgan fingerprint density at radius 1 is 0.880 bits per heavy atom. The lowest BCUT2D eigenvalue weighted by Gasteiger charge is -2.05. The fraction of sp³-hybridized carbons (Fsp3) is 0.0526. The van der Waals surface area contributed by atoms with Gasteiger partial charge in [0.1, 0.15) is 5.82 Å². The molecule has 6 heteroatoms. The standard InChI is InChI=1S/C19H13FN2O2S/c20-15-10-8-13(9-11-15)12-21-18(23)22(25-19(21)24)17-7-3-5-14-4-1-2-6-16(14)17/h1-11H,12H2. The first kappa shape index (κ1) is 15.5. The quantitative estimate of drug-likeness (QED) is 0.567. The molecular formula is C19H13FN2O2S. The SMILES string of the molecule is O=c1sn(-c2cccc3ccccc23)c(=O)n1Cc1ccc(F)cc1. The first-order valence-corrected chi connectivity index (χ1v) is 8.46. The number of aromatic nitrogens is 2. The summed E-state index contributed by atoms with van der Waals surface area (Å²) in [6.45, 7) is 0.117. The van der Waals surface area contributed by atoms with Crippen LogP contribution in [-0.4, -0.2) is 8.52 Å². The normalized spacial score (nSPS) is 11.1. The first-order valence-electron chi connectivity index (χ1n) is 7.69. The van der Waals surface area contributed by atoms with Crippen LogP contribution in [-0.2, 0) is 6.54 Å². The molecule has 4 rings (SSSR count). The van der Waals surface area contributed by atoms with Crippen molar-refractivity contribution in [1.29, 1.82) is 0 Å². The van der Waals surface area contributed by atoms with E-state index in [9.17, 15) is 14.0 Å². The molecule has 25 heavy (non-hydrogen) atoms. The van der Waals surface area contributed by atoms with Gasteiger partial charge in [0.2, 0.25) is 0 Å². The average molecular weight is 352 g/mol. The van der Waals surface area contributed by atoms with Crippen molar-refractivity contribution < 1.29 is 4.39 Å². The molecular weight excluding hydrogens is 339 g/mol. The van der Waals surface area contributed by atoms with Gasteiger partial charge < -0.3 is 0 Å². The highest BCUT2D eigenvalue weighted by molar-refractivity contribution is 7.04. The van der Waals surface area contributed by atoms with Gasteiger partial charge in [-0.15, -0.1) is 0 Å². The topological polar surface area (TPSA) is 44.0 Å². The summed E-state index contributed by atoms with van der Waals surface area (Å²) >= 11 is 0.869. The van der Waals surface area contributed by atoms with E-state index in [-0.39, 0.29) is 17.2 Å². The number of rotatable bonds is 3. The molecule has 0 fully saturated rings. The fourth-order valence-corrected chi connectivity index (χ4v) is 3.63. The molecule has 0 saturated heterocycles. The molecule has 0 radical (unpaired) electrons. The van der Waals surface area contributed by atoms with Gasteiger partial charge >= 0.3 is 10.6 Å². The van der Waals surface area contributed by atoms with E-state index in [2.05, 4.69) is 0 Å². The van der Waals surface area contributed by atoms with Gasteiger partial charge in [0.15, 0.2) is 0 Å². The van der Waals surface area contributed by atoms with Crippen molar-refractivity contribution in [2.24, 2.45) is 0 Å². The third-order valence-electron chi connectivity index (χ3n) is 4.03. The summed E-state index contributed by atoms with van der Waals surface area (Å²) in [6.07, 6.45) is 0. The molecule has 1 aromatic heterocycles. The summed E-state index contributed by atoms with van der Waals surface area (Å²) in [5.41, 5.74) is 0.988. The predicted octanol–water partition coefficient (Wildman–Crippen LogP) is 3.40. The Hall–Kier alpha value is -2.99. The highest BCUT2D eigenvalue weighted by Crippen LogP contribution is 2.21. The molecule has 0 aliphatic rings. The Balaban J connectivity index is 1.84. The van der Waals surface area contributed by atoms with Crippen LogP contribution in [0.1, 0.15) is 5.56 Å². The molecule has 4 aromatic rings. The van der Waals surface area contributed by atoms with Crippen molar-refractivity contribution in [3.05, 3.63) is 98.3 Å². The zero-order valence-electron chi connectivity index (χ0n) is 13.1. The fourth-order valence-electron chi connectivity index (χ4n) is 2.80. The van der Waals surface area contributed by atoms with E-state index in [4.69, 9.17) is 0 Å². The van der Waals surface area contributed by atoms with E-state index >= 15 is 0 Å². The van der Waals surface area contributed by atoms with Gasteiger partial charge in [-0.3, -0.25) is 4.79 Å². The Morgan fingerprint density at radius 3 is 2.40 bits per heavy atom. The summed E-state index contributed by atoms with van der Waals surface area (Å²) in [5.74, 6) is -0.352. The van der Waals surface area contributed by atoms with E-state index in [0.717, 1.165) is 22.3 Å². The molecule has 0 aliphatic heterocycles. The van der Waals surface area contributed by atoms with E-state index in [0.29, 0.717) is 11.3 Å². The van der Waals surface area contributed by atoms with Crippen LogP contribution in [0.15, 0.2) is 76.3 Å². The summed E-state index contributed by atoms with van der Waals surface area (Å²) < 4.78 is 15.6. The van der Waals surface area contributed by atoms with Crippen LogP contribution in [0, 0.1) is 5.82 Å². The molecule has 1 heterocycles. The van der Waals surface area contributed by atoms with Crippen LogP contribution in [0.2, 0.25) is 0 Å². The van der Waals surface area contributed by atoms with E-state index < -0.39 is 5.69 Å². The van der Waals surface area contributed by atoms with Crippen LogP contribution in [0.3, 0.4) is 0 Å². The molecule has 0 saturated carbocycles. The second-order valence-corrected chi connectivity index (χ2v) is 6.54. The minimum atomic E-state index is -0.393. The molecule has 4 nitrogen and oxygen atoms in total. The van der Waals surface area contributed by atoms with Crippen LogP contribution >= 0.6 is 11.5 Å². The van der Waals surface area contributed by atoms with Crippen molar-refractivity contribution in [3.8, 4) is 5.69 Å². The lowest BCUT2D eigenvalue weighted by molar-refractivity contribution is 0.625. The maximum Gasteiger partial charge on any atom is 0.346 e. The molecule has 0 spiro atoms. The van der Waals surface area contributed by atoms with Gasteiger partial charge in [-0.25, -0.2) is 17.7 Å². The summed E-state index contributed by atoms with van der Waals surface area (Å²) in [5, 5.41) is 1.90. The second kappa shape index (κ2) is 6.14. The molecule has 0 amide bonds. The number of benzene rings is 3. The minimum absolute atomic E-state index is 0.117. The number of nitrogens with zero attached hydrogens (tertiary/aromatic N) is 2. The summed E-state index contributed by atoms with van der Waals surface area (Å²) in [4.78, 5) is 24.8. The van der Waals surface area contributed by atoms with Gasteiger partial charge in [0.05, 0.1) is 12.2 Å². The Labute approximate surface area is 146 Å². The number of hydrogen-bond acceptors (Lipinski definition) is 3. The molecule has 0 bridgehead atoms. The second-order valence-electron chi connectivity index (χ2n) is 5.65. The summed E-state index contributed by atoms with van der Waals surface area (Å²) in [7, 11) is 0. The van der Waals surface area contributed by atoms with Gasteiger partial charge in [-0.05, 0) is 29.1 Å². The van der Waals surface area contributed by atoms with E-state index in [1.165, 1.54) is 20.7 Å². The average Bonchev–Trinajstić information content (AvgIpc) is 2.91. The van der Waals surface area contributed by atoms with Gasteiger partial charge in [0, 0.05) is 16.9 Å². The monoisotopic (exact) mass is 352 g/mol. The Morgan fingerprint density at radius 2 is 1.60 bits per heavy atom. The summed E-state index contributed by atoms with van der Waals surface area (Å²) in [6, 6.07) is 19.1. The van der Waals surface area contributed by atoms with Crippen molar-refractivity contribution >= 4 is 22.3 Å². The smallest absolute Gasteiger partial charge is 0.255 e. The van der Waals surface area contributed by atoms with Crippen LogP contribution in [0.5, 0.6) is 0 Å². The maximum atomic E-state index is 13.0. The zero-order chi connectivity index (χ0) is 17.4. The molecule has 124 valence electrons. The van der Waals surface area contributed by atoms with Gasteiger partial charge in [0.25, 0.3) is 0 Å². The van der Waals surface area contributed by atoms with Crippen LogP contribution < -0.4 is 10.6 Å². The molecule has 3 aromatic carbocycles. The number of fused-ring (bicyclic) bond motifs is 1. The molecule has 0 atom stereocenters. The van der Waals surface area contributed by atoms with Crippen LogP contribution in [0.4, 0.5) is 4.39 Å². The van der Waals surface area contributed by atoms with Gasteiger partial charge in [-0.1, -0.05) is 48.5 Å². The molecule has 0 unspecified atom stereocenters. The van der Waals surface area contributed by atoms with Crippen molar-refractivity contribution in [3.63, 3.8) is 0 Å². The van der Waals surface area contributed by atoms with Crippen molar-refractivity contribution in [2.45, 2.75) is 6.54 Å². The zero-order valence-corrected chi connectivity index (χ0v) is 13.9. The molecule has 0 N–H and O–H groups in total.